The van der Waals surface area contributed by atoms with Crippen LogP contribution in [0.3, 0.4) is 0 Å². The van der Waals surface area contributed by atoms with Crippen LogP contribution in [0.25, 0.3) is 11.1 Å². The second-order valence-electron chi connectivity index (χ2n) is 4.35. The molecule has 0 bridgehead atoms. The van der Waals surface area contributed by atoms with E-state index in [0.717, 1.165) is 12.1 Å². The van der Waals surface area contributed by atoms with E-state index in [9.17, 15) is 4.79 Å². The molecule has 86 valence electrons. The van der Waals surface area contributed by atoms with Crippen LogP contribution in [0, 0.1) is 0 Å². The van der Waals surface area contributed by atoms with Crippen LogP contribution in [0.15, 0.2) is 27.4 Å². The first kappa shape index (κ1) is 11.0. The number of hydrogen-bond acceptors (Lipinski definition) is 3. The van der Waals surface area contributed by atoms with Crippen LogP contribution in [0.5, 0.6) is 0 Å². The summed E-state index contributed by atoms with van der Waals surface area (Å²) in [5, 5.41) is 0. The highest BCUT2D eigenvalue weighted by molar-refractivity contribution is 5.72. The number of rotatable bonds is 3. The number of hydrogen-bond donors (Lipinski definition) is 1. The summed E-state index contributed by atoms with van der Waals surface area (Å²) in [6.45, 7) is 5.16. The van der Waals surface area contributed by atoms with E-state index in [0.29, 0.717) is 11.6 Å². The Labute approximate surface area is 93.9 Å². The summed E-state index contributed by atoms with van der Waals surface area (Å²) >= 11 is 0. The number of nitrogens with one attached hydrogen (secondary N) is 1. The number of H-pyrrole nitrogens is 1. The maximum Gasteiger partial charge on any atom is 0.417 e. The first-order valence-corrected chi connectivity index (χ1v) is 5.38. The fraction of sp³-hybridized carbons (Fsp3) is 0.417. The SMILES string of the molecule is CC(C)N(C)Cc1ccc2oc(=O)[nH]c2c1. The van der Waals surface area contributed by atoms with Crippen molar-refractivity contribution in [1.29, 1.82) is 0 Å². The monoisotopic (exact) mass is 220 g/mol. The van der Waals surface area contributed by atoms with E-state index in [2.05, 4.69) is 30.8 Å². The average molecular weight is 220 g/mol. The van der Waals surface area contributed by atoms with Gasteiger partial charge in [-0.25, -0.2) is 4.79 Å². The van der Waals surface area contributed by atoms with Crippen LogP contribution >= 0.6 is 0 Å². The van der Waals surface area contributed by atoms with Gasteiger partial charge in [0, 0.05) is 12.6 Å². The molecule has 0 unspecified atom stereocenters. The Balaban J connectivity index is 2.28. The minimum atomic E-state index is -0.399. The van der Waals surface area contributed by atoms with Gasteiger partial charge in [-0.15, -0.1) is 0 Å². The number of aromatic nitrogens is 1. The summed E-state index contributed by atoms with van der Waals surface area (Å²) in [6, 6.07) is 6.27. The molecule has 0 saturated heterocycles. The third-order valence-electron chi connectivity index (χ3n) is 2.80. The predicted octanol–water partition coefficient (Wildman–Crippen LogP) is 1.96. The van der Waals surface area contributed by atoms with E-state index in [-0.39, 0.29) is 0 Å². The maximum atomic E-state index is 11.0. The lowest BCUT2D eigenvalue weighted by molar-refractivity contribution is 0.266. The van der Waals surface area contributed by atoms with Crippen LogP contribution in [0.1, 0.15) is 19.4 Å². The summed E-state index contributed by atoms with van der Waals surface area (Å²) in [5.41, 5.74) is 2.54. The van der Waals surface area contributed by atoms with Gasteiger partial charge in [-0.05, 0) is 38.6 Å². The standard InChI is InChI=1S/C12H16N2O2/c1-8(2)14(3)7-9-4-5-11-10(6-9)13-12(15)16-11/h4-6,8H,7H2,1-3H3,(H,13,15). The van der Waals surface area contributed by atoms with Gasteiger partial charge in [0.1, 0.15) is 0 Å². The van der Waals surface area contributed by atoms with E-state index in [1.165, 1.54) is 5.56 Å². The molecular weight excluding hydrogens is 204 g/mol. The summed E-state index contributed by atoms with van der Waals surface area (Å²) in [5.74, 6) is -0.399. The highest BCUT2D eigenvalue weighted by Gasteiger charge is 2.06. The van der Waals surface area contributed by atoms with Crippen molar-refractivity contribution in [3.63, 3.8) is 0 Å². The Hall–Kier alpha value is -1.55. The smallest absolute Gasteiger partial charge is 0.408 e. The third-order valence-corrected chi connectivity index (χ3v) is 2.80. The lowest BCUT2D eigenvalue weighted by Gasteiger charge is -2.20. The molecule has 0 aliphatic heterocycles. The molecular formula is C12H16N2O2. The Morgan fingerprint density at radius 2 is 2.19 bits per heavy atom. The van der Waals surface area contributed by atoms with Crippen LogP contribution < -0.4 is 5.76 Å². The van der Waals surface area contributed by atoms with Gasteiger partial charge < -0.3 is 4.42 Å². The van der Waals surface area contributed by atoms with Gasteiger partial charge in [-0.1, -0.05) is 6.07 Å². The second kappa shape index (κ2) is 4.14. The van der Waals surface area contributed by atoms with E-state index >= 15 is 0 Å². The zero-order valence-electron chi connectivity index (χ0n) is 9.78. The molecule has 1 aromatic heterocycles. The van der Waals surface area contributed by atoms with E-state index in [4.69, 9.17) is 4.42 Å². The molecule has 2 rings (SSSR count). The van der Waals surface area contributed by atoms with Gasteiger partial charge >= 0.3 is 5.76 Å². The fourth-order valence-corrected chi connectivity index (χ4v) is 1.57. The molecule has 1 heterocycles. The molecule has 1 aromatic carbocycles. The molecule has 0 aliphatic rings. The predicted molar refractivity (Wildman–Crippen MR) is 63.4 cm³/mol. The van der Waals surface area contributed by atoms with Crippen LogP contribution in [-0.2, 0) is 6.54 Å². The van der Waals surface area contributed by atoms with E-state index < -0.39 is 5.76 Å². The average Bonchev–Trinajstić information content (AvgIpc) is 2.57. The van der Waals surface area contributed by atoms with E-state index in [1.54, 1.807) is 0 Å². The fourth-order valence-electron chi connectivity index (χ4n) is 1.57. The summed E-state index contributed by atoms with van der Waals surface area (Å²) in [7, 11) is 2.08. The number of benzene rings is 1. The van der Waals surface area contributed by atoms with Gasteiger partial charge in [-0.2, -0.15) is 0 Å². The zero-order chi connectivity index (χ0) is 11.7. The zero-order valence-corrected chi connectivity index (χ0v) is 9.78. The minimum absolute atomic E-state index is 0.399. The first-order valence-electron chi connectivity index (χ1n) is 5.38. The molecule has 4 nitrogen and oxygen atoms in total. The van der Waals surface area contributed by atoms with Crippen molar-refractivity contribution >= 4 is 11.1 Å². The quantitative estimate of drug-likeness (QED) is 0.860. The number of aromatic amines is 1. The van der Waals surface area contributed by atoms with E-state index in [1.807, 2.05) is 18.2 Å². The first-order chi connectivity index (χ1) is 7.56. The molecule has 4 heteroatoms. The van der Waals surface area contributed by atoms with Crippen molar-refractivity contribution in [2.75, 3.05) is 7.05 Å². The molecule has 0 spiro atoms. The maximum absolute atomic E-state index is 11.0. The summed E-state index contributed by atoms with van der Waals surface area (Å²) in [4.78, 5) is 15.9. The highest BCUT2D eigenvalue weighted by Crippen LogP contribution is 2.14. The Kier molecular flexibility index (Phi) is 2.83. The van der Waals surface area contributed by atoms with Gasteiger partial charge in [0.2, 0.25) is 0 Å². The molecule has 0 saturated carbocycles. The van der Waals surface area contributed by atoms with Crippen molar-refractivity contribution in [3.8, 4) is 0 Å². The topological polar surface area (TPSA) is 49.2 Å². The molecule has 0 fully saturated rings. The summed E-state index contributed by atoms with van der Waals surface area (Å²) in [6.07, 6.45) is 0. The summed E-state index contributed by atoms with van der Waals surface area (Å²) < 4.78 is 4.95. The normalized spacial score (nSPS) is 11.8. The van der Waals surface area contributed by atoms with Crippen molar-refractivity contribution in [2.45, 2.75) is 26.4 Å². The van der Waals surface area contributed by atoms with Crippen LogP contribution in [-0.4, -0.2) is 23.0 Å². The Morgan fingerprint density at radius 1 is 1.44 bits per heavy atom. The van der Waals surface area contributed by atoms with Crippen molar-refractivity contribution in [2.24, 2.45) is 0 Å². The highest BCUT2D eigenvalue weighted by atomic mass is 16.4. The Morgan fingerprint density at radius 3 is 2.88 bits per heavy atom. The largest absolute Gasteiger partial charge is 0.417 e. The molecule has 1 N–H and O–H groups in total. The number of nitrogens with zero attached hydrogens (tertiary/aromatic N) is 1. The van der Waals surface area contributed by atoms with Crippen LogP contribution in [0.2, 0.25) is 0 Å². The molecule has 0 aliphatic carbocycles. The second-order valence-corrected chi connectivity index (χ2v) is 4.35. The molecule has 16 heavy (non-hydrogen) atoms. The molecule has 0 amide bonds. The molecule has 2 aromatic rings. The number of fused-ring (bicyclic) bond motifs is 1. The molecule has 0 atom stereocenters. The number of oxazole rings is 1. The van der Waals surface area contributed by atoms with Gasteiger partial charge in [0.05, 0.1) is 5.52 Å². The van der Waals surface area contributed by atoms with Gasteiger partial charge in [0.25, 0.3) is 0 Å². The lowest BCUT2D eigenvalue weighted by atomic mass is 10.2. The third kappa shape index (κ3) is 2.17. The van der Waals surface area contributed by atoms with Crippen molar-refractivity contribution in [1.82, 2.24) is 9.88 Å². The Bertz CT molecular complexity index is 539. The minimum Gasteiger partial charge on any atom is -0.408 e. The lowest BCUT2D eigenvalue weighted by Crippen LogP contribution is -2.25. The van der Waals surface area contributed by atoms with Gasteiger partial charge in [-0.3, -0.25) is 9.88 Å². The molecule has 0 radical (unpaired) electrons. The van der Waals surface area contributed by atoms with Crippen LogP contribution in [0.4, 0.5) is 0 Å². The van der Waals surface area contributed by atoms with Crippen molar-refractivity contribution in [3.05, 3.63) is 34.3 Å². The van der Waals surface area contributed by atoms with Crippen molar-refractivity contribution < 1.29 is 4.42 Å². The van der Waals surface area contributed by atoms with Gasteiger partial charge in [0.15, 0.2) is 5.58 Å².